The van der Waals surface area contributed by atoms with Crippen LogP contribution in [0.5, 0.6) is 0 Å². The fraction of sp³-hybridized carbons (Fsp3) is 0.467. The molecule has 0 fully saturated rings. The predicted octanol–water partition coefficient (Wildman–Crippen LogP) is 1.01. The largest absolute Gasteiger partial charge is 0.347 e. The van der Waals surface area contributed by atoms with Crippen molar-refractivity contribution < 1.29 is 4.79 Å². The van der Waals surface area contributed by atoms with E-state index >= 15 is 0 Å². The summed E-state index contributed by atoms with van der Waals surface area (Å²) in [5, 5.41) is 3.10. The predicted molar refractivity (Wildman–Crippen MR) is 102 cm³/mol. The van der Waals surface area contributed by atoms with E-state index in [2.05, 4.69) is 27.2 Å². The third-order valence-corrected chi connectivity index (χ3v) is 3.66. The van der Waals surface area contributed by atoms with Gasteiger partial charge in [-0.2, -0.15) is 0 Å². The van der Waals surface area contributed by atoms with E-state index in [-0.39, 0.29) is 53.5 Å². The monoisotopic (exact) mass is 391 g/mol. The molecule has 2 heterocycles. The number of unbranched alkanes of at least 4 members (excludes halogenated alkanes) is 1. The molecule has 2 aromatic rings. The maximum absolute atomic E-state index is 12.3. The molecular formula is C15H23Cl2N5O3. The molecule has 1 amide bonds. The number of rotatable bonds is 6. The molecule has 0 saturated heterocycles. The summed E-state index contributed by atoms with van der Waals surface area (Å²) in [6, 6.07) is 1.40. The second kappa shape index (κ2) is 10.2. The van der Waals surface area contributed by atoms with E-state index in [1.54, 1.807) is 6.92 Å². The van der Waals surface area contributed by atoms with E-state index in [4.69, 9.17) is 5.73 Å². The zero-order valence-corrected chi connectivity index (χ0v) is 15.7. The molecule has 0 aliphatic rings. The van der Waals surface area contributed by atoms with Crippen molar-refractivity contribution in [2.45, 2.75) is 39.2 Å². The number of aromatic nitrogens is 3. The van der Waals surface area contributed by atoms with Gasteiger partial charge < -0.3 is 11.1 Å². The summed E-state index contributed by atoms with van der Waals surface area (Å²) in [6.07, 6.45) is 2.78. The van der Waals surface area contributed by atoms with Gasteiger partial charge in [-0.1, -0.05) is 19.8 Å². The number of amides is 1. The fourth-order valence-electron chi connectivity index (χ4n) is 2.43. The van der Waals surface area contributed by atoms with Gasteiger partial charge in [0, 0.05) is 12.6 Å². The smallest absolute Gasteiger partial charge is 0.327 e. The van der Waals surface area contributed by atoms with Crippen LogP contribution >= 0.6 is 24.8 Å². The van der Waals surface area contributed by atoms with E-state index in [1.807, 2.05) is 0 Å². The number of aryl methyl sites for hydroxylation is 1. The van der Waals surface area contributed by atoms with Gasteiger partial charge in [-0.25, -0.2) is 9.78 Å². The molecule has 0 radical (unpaired) electrons. The Kier molecular flexibility index (Phi) is 9.40. The first kappa shape index (κ1) is 23.1. The Bertz CT molecular complexity index is 834. The average molecular weight is 392 g/mol. The van der Waals surface area contributed by atoms with Gasteiger partial charge >= 0.3 is 5.69 Å². The van der Waals surface area contributed by atoms with Crippen LogP contribution in [0.25, 0.3) is 11.0 Å². The molecule has 1 unspecified atom stereocenters. The van der Waals surface area contributed by atoms with E-state index in [1.165, 1.54) is 6.07 Å². The quantitative estimate of drug-likeness (QED) is 0.582. The van der Waals surface area contributed by atoms with Gasteiger partial charge in [-0.15, -0.1) is 24.8 Å². The second-order valence-corrected chi connectivity index (χ2v) is 5.50. The summed E-state index contributed by atoms with van der Waals surface area (Å²) in [7, 11) is 0. The van der Waals surface area contributed by atoms with E-state index in [0.717, 1.165) is 19.3 Å². The zero-order valence-electron chi connectivity index (χ0n) is 14.0. The first-order chi connectivity index (χ1) is 11.0. The van der Waals surface area contributed by atoms with Crippen molar-refractivity contribution in [2.24, 2.45) is 5.73 Å². The Morgan fingerprint density at radius 3 is 2.60 bits per heavy atom. The van der Waals surface area contributed by atoms with E-state index in [0.29, 0.717) is 12.1 Å². The Hall–Kier alpha value is -1.90. The van der Waals surface area contributed by atoms with Gasteiger partial charge in [0.25, 0.3) is 11.5 Å². The molecule has 1 atom stereocenters. The lowest BCUT2D eigenvalue weighted by Gasteiger charge is -2.16. The molecule has 0 aliphatic heterocycles. The lowest BCUT2D eigenvalue weighted by molar-refractivity contribution is 0.0931. The van der Waals surface area contributed by atoms with Crippen molar-refractivity contribution in [1.82, 2.24) is 20.3 Å². The molecule has 2 rings (SSSR count). The number of H-pyrrole nitrogens is 2. The van der Waals surface area contributed by atoms with Crippen molar-refractivity contribution >= 4 is 41.8 Å². The van der Waals surface area contributed by atoms with Crippen molar-refractivity contribution in [3.05, 3.63) is 38.2 Å². The summed E-state index contributed by atoms with van der Waals surface area (Å²) < 4.78 is 0. The van der Waals surface area contributed by atoms with Gasteiger partial charge in [0.1, 0.15) is 11.3 Å². The van der Waals surface area contributed by atoms with Crippen LogP contribution in [0.15, 0.2) is 15.7 Å². The number of nitrogens with zero attached hydrogens (tertiary/aromatic N) is 1. The maximum Gasteiger partial charge on any atom is 0.327 e. The highest BCUT2D eigenvalue weighted by molar-refractivity contribution is 5.95. The number of nitrogens with two attached hydrogens (primary N) is 1. The van der Waals surface area contributed by atoms with Crippen LogP contribution in [0.3, 0.4) is 0 Å². The molecule has 0 bridgehead atoms. The zero-order chi connectivity index (χ0) is 17.0. The Morgan fingerprint density at radius 2 is 2.00 bits per heavy atom. The third-order valence-electron chi connectivity index (χ3n) is 3.66. The normalized spacial score (nSPS) is 11.3. The van der Waals surface area contributed by atoms with Crippen LogP contribution in [-0.4, -0.2) is 33.4 Å². The van der Waals surface area contributed by atoms with Crippen molar-refractivity contribution in [3.8, 4) is 0 Å². The van der Waals surface area contributed by atoms with Gasteiger partial charge in [0.15, 0.2) is 0 Å². The van der Waals surface area contributed by atoms with Crippen LogP contribution < -0.4 is 22.3 Å². The highest BCUT2D eigenvalue weighted by Crippen LogP contribution is 2.11. The molecule has 10 heteroatoms. The number of halogens is 2. The van der Waals surface area contributed by atoms with Crippen LogP contribution in [-0.2, 0) is 0 Å². The number of pyridine rings is 1. The topological polar surface area (TPSA) is 134 Å². The third kappa shape index (κ3) is 5.55. The molecule has 25 heavy (non-hydrogen) atoms. The fourth-order valence-corrected chi connectivity index (χ4v) is 2.43. The number of nitrogens with one attached hydrogen (secondary N) is 3. The van der Waals surface area contributed by atoms with Gasteiger partial charge in [-0.05, 0) is 25.0 Å². The summed E-state index contributed by atoms with van der Waals surface area (Å²) in [4.78, 5) is 44.2. The molecule has 0 saturated carbocycles. The summed E-state index contributed by atoms with van der Waals surface area (Å²) in [5.41, 5.74) is 5.30. The van der Waals surface area contributed by atoms with Gasteiger partial charge in [0.2, 0.25) is 0 Å². The number of carbonyl (C=O) groups excluding carboxylic acids is 1. The van der Waals surface area contributed by atoms with E-state index < -0.39 is 11.2 Å². The first-order valence-corrected chi connectivity index (χ1v) is 7.61. The van der Waals surface area contributed by atoms with Crippen LogP contribution in [0.2, 0.25) is 0 Å². The molecule has 0 spiro atoms. The maximum atomic E-state index is 12.3. The Balaban J connectivity index is 0.00000288. The number of fused-ring (bicyclic) bond motifs is 1. The summed E-state index contributed by atoms with van der Waals surface area (Å²) in [6.45, 7) is 4.10. The highest BCUT2D eigenvalue weighted by atomic mass is 35.5. The van der Waals surface area contributed by atoms with Crippen LogP contribution in [0.4, 0.5) is 0 Å². The molecule has 140 valence electrons. The molecule has 5 N–H and O–H groups in total. The van der Waals surface area contributed by atoms with Crippen molar-refractivity contribution in [1.29, 1.82) is 0 Å². The Morgan fingerprint density at radius 1 is 1.32 bits per heavy atom. The van der Waals surface area contributed by atoms with Crippen LogP contribution in [0, 0.1) is 6.92 Å². The average Bonchev–Trinajstić information content (AvgIpc) is 2.49. The number of hydrogen-bond donors (Lipinski definition) is 4. The molecule has 0 aliphatic carbocycles. The summed E-state index contributed by atoms with van der Waals surface area (Å²) in [5.74, 6) is -0.373. The number of carbonyl (C=O) groups is 1. The SMILES string of the molecule is CCCCC(CN)NC(=O)c1cc(C)c2c(=O)[nH]c(=O)[nH]c2n1.Cl.Cl. The number of aromatic amines is 2. The Labute approximate surface area is 156 Å². The molecule has 2 aromatic heterocycles. The minimum absolute atomic E-state index is 0. The second-order valence-electron chi connectivity index (χ2n) is 5.50. The van der Waals surface area contributed by atoms with Gasteiger partial charge in [0.05, 0.1) is 5.39 Å². The standard InChI is InChI=1S/C15H21N5O3.2ClH/c1-3-4-5-9(7-16)17-13(21)10-6-8(2)11-12(18-10)19-15(23)20-14(11)22;;/h6,9H,3-5,7,16H2,1-2H3,(H,17,21)(H2,18,19,20,22,23);2*1H. The van der Waals surface area contributed by atoms with Crippen molar-refractivity contribution in [2.75, 3.05) is 6.54 Å². The minimum Gasteiger partial charge on any atom is -0.347 e. The van der Waals surface area contributed by atoms with Crippen molar-refractivity contribution in [3.63, 3.8) is 0 Å². The molecular weight excluding hydrogens is 369 g/mol. The molecule has 8 nitrogen and oxygen atoms in total. The lowest BCUT2D eigenvalue weighted by Crippen LogP contribution is -2.40. The molecule has 0 aromatic carbocycles. The number of hydrogen-bond acceptors (Lipinski definition) is 5. The first-order valence-electron chi connectivity index (χ1n) is 7.61. The van der Waals surface area contributed by atoms with Gasteiger partial charge in [-0.3, -0.25) is 19.6 Å². The minimum atomic E-state index is -0.658. The highest BCUT2D eigenvalue weighted by Gasteiger charge is 2.16. The van der Waals surface area contributed by atoms with Crippen LogP contribution in [0.1, 0.15) is 42.2 Å². The lowest BCUT2D eigenvalue weighted by atomic mass is 10.1. The summed E-state index contributed by atoms with van der Waals surface area (Å²) >= 11 is 0. The van der Waals surface area contributed by atoms with E-state index in [9.17, 15) is 14.4 Å².